The summed E-state index contributed by atoms with van der Waals surface area (Å²) in [5, 5.41) is 5.99. The fraction of sp³-hybridized carbons (Fsp3) is 0.353. The molecule has 43 heavy (non-hydrogen) atoms. The van der Waals surface area contributed by atoms with Crippen LogP contribution in [0.4, 0.5) is 22.7 Å². The monoisotopic (exact) mass is 600 g/mol. The first kappa shape index (κ1) is 33.5. The standard InChI is InChI=1S/C34H44N6O2S/c1-33(2,3)23-17-26(37)25(12-7-8-13-35)28(19-23)39-31(41)21-10-9-11-22(16-21)32(42)40-29-20-24(34(4,5)6)18-27(38)30(29)43-15-14-36/h9-11,16-20H,8,13-15,35-38H2,1-6H3,(H,39,41)(H,40,42). The van der Waals surface area contributed by atoms with E-state index in [2.05, 4.69) is 64.0 Å². The number of anilines is 4. The van der Waals surface area contributed by atoms with Gasteiger partial charge in [-0.15, -0.1) is 11.8 Å². The Balaban J connectivity index is 1.95. The van der Waals surface area contributed by atoms with E-state index in [4.69, 9.17) is 22.9 Å². The molecule has 2 amide bonds. The topological polar surface area (TPSA) is 162 Å². The number of carbonyl (C=O) groups is 2. The maximum absolute atomic E-state index is 13.5. The molecule has 9 heteroatoms. The van der Waals surface area contributed by atoms with Crippen LogP contribution in [0.5, 0.6) is 0 Å². The van der Waals surface area contributed by atoms with Crippen LogP contribution in [-0.2, 0) is 10.8 Å². The fourth-order valence-corrected chi connectivity index (χ4v) is 5.06. The molecule has 0 aromatic heterocycles. The summed E-state index contributed by atoms with van der Waals surface area (Å²) in [4.78, 5) is 27.7. The molecule has 0 saturated heterocycles. The number of nitrogen functional groups attached to an aromatic ring is 2. The van der Waals surface area contributed by atoms with Gasteiger partial charge in [-0.2, -0.15) is 0 Å². The zero-order valence-electron chi connectivity index (χ0n) is 26.0. The van der Waals surface area contributed by atoms with E-state index >= 15 is 0 Å². The van der Waals surface area contributed by atoms with Crippen LogP contribution >= 0.6 is 11.8 Å². The van der Waals surface area contributed by atoms with Crippen LogP contribution in [-0.4, -0.2) is 30.7 Å². The van der Waals surface area contributed by atoms with E-state index < -0.39 is 0 Å². The number of benzene rings is 3. The normalized spacial score (nSPS) is 11.4. The first-order chi connectivity index (χ1) is 20.1. The van der Waals surface area contributed by atoms with Crippen molar-refractivity contribution < 1.29 is 9.59 Å². The number of carbonyl (C=O) groups excluding carboxylic acids is 2. The van der Waals surface area contributed by atoms with Gasteiger partial charge in [-0.05, 0) is 64.4 Å². The van der Waals surface area contributed by atoms with Crippen molar-refractivity contribution in [3.05, 3.63) is 76.3 Å². The molecule has 0 fully saturated rings. The van der Waals surface area contributed by atoms with Gasteiger partial charge < -0.3 is 33.6 Å². The summed E-state index contributed by atoms with van der Waals surface area (Å²) >= 11 is 1.49. The molecule has 8 nitrogen and oxygen atoms in total. The minimum absolute atomic E-state index is 0.177. The van der Waals surface area contributed by atoms with Crippen LogP contribution in [0.3, 0.4) is 0 Å². The third-order valence-electron chi connectivity index (χ3n) is 6.75. The molecule has 0 aliphatic rings. The number of nitrogens with one attached hydrogen (secondary N) is 2. The Labute approximate surface area is 259 Å². The van der Waals surface area contributed by atoms with E-state index in [9.17, 15) is 9.59 Å². The zero-order valence-corrected chi connectivity index (χ0v) is 26.8. The summed E-state index contributed by atoms with van der Waals surface area (Å²) in [5.74, 6) is 5.97. The fourth-order valence-electron chi connectivity index (χ4n) is 4.25. The minimum Gasteiger partial charge on any atom is -0.398 e. The Morgan fingerprint density at radius 3 is 1.84 bits per heavy atom. The molecule has 10 N–H and O–H groups in total. The van der Waals surface area contributed by atoms with Crippen LogP contribution in [0, 0.1) is 11.8 Å². The van der Waals surface area contributed by atoms with Crippen molar-refractivity contribution in [2.24, 2.45) is 11.5 Å². The highest BCUT2D eigenvalue weighted by Gasteiger charge is 2.22. The van der Waals surface area contributed by atoms with Crippen molar-refractivity contribution in [3.63, 3.8) is 0 Å². The maximum atomic E-state index is 13.5. The first-order valence-corrected chi connectivity index (χ1v) is 15.3. The van der Waals surface area contributed by atoms with Gasteiger partial charge in [0.2, 0.25) is 0 Å². The van der Waals surface area contributed by atoms with E-state index in [1.54, 1.807) is 24.3 Å². The second-order valence-electron chi connectivity index (χ2n) is 12.4. The second kappa shape index (κ2) is 14.0. The highest BCUT2D eigenvalue weighted by Crippen LogP contribution is 2.38. The van der Waals surface area contributed by atoms with E-state index in [0.717, 1.165) is 16.0 Å². The van der Waals surface area contributed by atoms with E-state index in [0.29, 0.717) is 64.7 Å². The number of rotatable bonds is 8. The smallest absolute Gasteiger partial charge is 0.255 e. The zero-order chi connectivity index (χ0) is 31.9. The molecule has 3 aromatic rings. The number of amides is 2. The van der Waals surface area contributed by atoms with Crippen molar-refractivity contribution in [2.45, 2.75) is 63.7 Å². The summed E-state index contributed by atoms with van der Waals surface area (Å²) < 4.78 is 0. The highest BCUT2D eigenvalue weighted by atomic mass is 32.2. The van der Waals surface area contributed by atoms with Gasteiger partial charge in [0.15, 0.2) is 0 Å². The Morgan fingerprint density at radius 2 is 1.30 bits per heavy atom. The van der Waals surface area contributed by atoms with Crippen LogP contribution in [0.1, 0.15) is 85.4 Å². The quantitative estimate of drug-likeness (QED) is 0.110. The Hall–Kier alpha value is -3.97. The van der Waals surface area contributed by atoms with Gasteiger partial charge in [0, 0.05) is 47.8 Å². The van der Waals surface area contributed by atoms with Crippen LogP contribution in [0.2, 0.25) is 0 Å². The van der Waals surface area contributed by atoms with Gasteiger partial charge in [-0.3, -0.25) is 9.59 Å². The summed E-state index contributed by atoms with van der Waals surface area (Å²) in [6, 6.07) is 14.2. The van der Waals surface area contributed by atoms with E-state index in [1.807, 2.05) is 24.3 Å². The lowest BCUT2D eigenvalue weighted by molar-refractivity contribution is 0.102. The molecule has 0 atom stereocenters. The summed E-state index contributed by atoms with van der Waals surface area (Å²) in [6.07, 6.45) is 0.502. The largest absolute Gasteiger partial charge is 0.398 e. The average Bonchev–Trinajstić information content (AvgIpc) is 2.92. The Kier molecular flexibility index (Phi) is 10.9. The van der Waals surface area contributed by atoms with Crippen LogP contribution in [0.15, 0.2) is 53.4 Å². The third kappa shape index (κ3) is 8.77. The predicted molar refractivity (Wildman–Crippen MR) is 182 cm³/mol. The Bertz CT molecular complexity index is 1560. The molecule has 0 aliphatic carbocycles. The molecule has 0 bridgehead atoms. The molecule has 3 aromatic carbocycles. The lowest BCUT2D eigenvalue weighted by atomic mass is 9.85. The van der Waals surface area contributed by atoms with Crippen LogP contribution < -0.4 is 33.6 Å². The van der Waals surface area contributed by atoms with Gasteiger partial charge in [-0.1, -0.05) is 59.4 Å². The average molecular weight is 601 g/mol. The molecule has 0 heterocycles. The highest BCUT2D eigenvalue weighted by molar-refractivity contribution is 7.99. The third-order valence-corrected chi connectivity index (χ3v) is 7.93. The van der Waals surface area contributed by atoms with Crippen molar-refractivity contribution in [2.75, 3.05) is 40.9 Å². The van der Waals surface area contributed by atoms with Crippen molar-refractivity contribution in [3.8, 4) is 11.8 Å². The van der Waals surface area contributed by atoms with Crippen molar-refractivity contribution in [1.82, 2.24) is 0 Å². The van der Waals surface area contributed by atoms with Crippen molar-refractivity contribution in [1.29, 1.82) is 0 Å². The molecule has 3 rings (SSSR count). The van der Waals surface area contributed by atoms with Gasteiger partial charge in [-0.25, -0.2) is 0 Å². The molecular formula is C34H44N6O2S. The Morgan fingerprint density at radius 1 is 0.767 bits per heavy atom. The van der Waals surface area contributed by atoms with Gasteiger partial charge in [0.25, 0.3) is 11.8 Å². The predicted octanol–water partition coefficient (Wildman–Crippen LogP) is 5.70. The summed E-state index contributed by atoms with van der Waals surface area (Å²) in [7, 11) is 0. The SMILES string of the molecule is CC(C)(C)c1cc(N)c(C#CCCN)c(NC(=O)c2cccc(C(=O)Nc3cc(C(C)(C)C)cc(N)c3SCCN)c2)c1. The number of hydrogen-bond acceptors (Lipinski definition) is 7. The second-order valence-corrected chi connectivity index (χ2v) is 13.5. The van der Waals surface area contributed by atoms with Gasteiger partial charge in [0.1, 0.15) is 0 Å². The lowest BCUT2D eigenvalue weighted by Gasteiger charge is -2.23. The molecule has 0 aliphatic heterocycles. The molecular weight excluding hydrogens is 556 g/mol. The molecule has 228 valence electrons. The number of thioether (sulfide) groups is 1. The lowest BCUT2D eigenvalue weighted by Crippen LogP contribution is -2.19. The van der Waals surface area contributed by atoms with Crippen molar-refractivity contribution >= 4 is 46.3 Å². The molecule has 0 saturated carbocycles. The minimum atomic E-state index is -0.389. The summed E-state index contributed by atoms with van der Waals surface area (Å²) in [5.41, 5.74) is 29.1. The molecule has 0 radical (unpaired) electrons. The number of nitrogens with two attached hydrogens (primary N) is 4. The number of hydrogen-bond donors (Lipinski definition) is 6. The van der Waals surface area contributed by atoms with Crippen LogP contribution in [0.25, 0.3) is 0 Å². The van der Waals surface area contributed by atoms with Gasteiger partial charge >= 0.3 is 0 Å². The van der Waals surface area contributed by atoms with E-state index in [1.165, 1.54) is 11.8 Å². The maximum Gasteiger partial charge on any atom is 0.255 e. The van der Waals surface area contributed by atoms with Gasteiger partial charge in [0.05, 0.1) is 21.8 Å². The molecule has 0 unspecified atom stereocenters. The molecule has 0 spiro atoms. The summed E-state index contributed by atoms with van der Waals surface area (Å²) in [6.45, 7) is 13.4. The first-order valence-electron chi connectivity index (χ1n) is 14.3. The van der Waals surface area contributed by atoms with E-state index in [-0.39, 0.29) is 22.6 Å².